The molecule has 0 bridgehead atoms. The first kappa shape index (κ1) is 18.4. The van der Waals surface area contributed by atoms with Crippen molar-refractivity contribution in [2.24, 2.45) is 5.92 Å². The molecule has 1 amide bonds. The smallest absolute Gasteiger partial charge is 0.291 e. The number of sulfonamides is 1. The number of rotatable bonds is 6. The summed E-state index contributed by atoms with van der Waals surface area (Å²) in [7, 11) is -2.48. The second-order valence-electron chi connectivity index (χ2n) is 4.97. The predicted molar refractivity (Wildman–Crippen MR) is 92.2 cm³/mol. The molecular weight excluding hydrogens is 376 g/mol. The fourth-order valence-electron chi connectivity index (χ4n) is 1.55. The first-order valence-electron chi connectivity index (χ1n) is 6.73. The van der Waals surface area contributed by atoms with Crippen LogP contribution in [0.3, 0.4) is 0 Å². The van der Waals surface area contributed by atoms with E-state index in [1.165, 1.54) is 25.3 Å². The molecule has 2 aromatic rings. The Kier molecular flexibility index (Phi) is 5.62. The molecule has 8 nitrogen and oxygen atoms in total. The zero-order valence-corrected chi connectivity index (χ0v) is 15.4. The zero-order chi connectivity index (χ0) is 17.9. The maximum Gasteiger partial charge on any atom is 0.291 e. The summed E-state index contributed by atoms with van der Waals surface area (Å²) in [4.78, 5) is 11.6. The predicted octanol–water partition coefficient (Wildman–Crippen LogP) is 2.60. The Morgan fingerprint density at radius 3 is 2.62 bits per heavy atom. The van der Waals surface area contributed by atoms with Crippen molar-refractivity contribution in [1.29, 1.82) is 0 Å². The zero-order valence-electron chi connectivity index (χ0n) is 13.0. The molecule has 0 aliphatic carbocycles. The van der Waals surface area contributed by atoms with E-state index in [-0.39, 0.29) is 32.0 Å². The van der Waals surface area contributed by atoms with Gasteiger partial charge in [0.05, 0.1) is 17.8 Å². The number of hydrogen-bond acceptors (Lipinski definition) is 7. The van der Waals surface area contributed by atoms with E-state index in [9.17, 15) is 13.2 Å². The van der Waals surface area contributed by atoms with Crippen LogP contribution < -0.4 is 14.8 Å². The van der Waals surface area contributed by atoms with E-state index in [1.807, 2.05) is 0 Å². The van der Waals surface area contributed by atoms with E-state index < -0.39 is 10.0 Å². The molecule has 0 aliphatic rings. The molecule has 0 spiro atoms. The van der Waals surface area contributed by atoms with Gasteiger partial charge in [-0.1, -0.05) is 36.8 Å². The molecule has 0 aliphatic heterocycles. The molecule has 2 rings (SSSR count). The summed E-state index contributed by atoms with van der Waals surface area (Å²) in [5.41, 5.74) is 0.253. The topological polar surface area (TPSA) is 110 Å². The maximum absolute atomic E-state index is 12.3. The Morgan fingerprint density at radius 2 is 2.04 bits per heavy atom. The lowest BCUT2D eigenvalue weighted by atomic mass is 10.2. The minimum Gasteiger partial charge on any atom is -0.495 e. The number of anilines is 2. The van der Waals surface area contributed by atoms with Gasteiger partial charge in [-0.05, 0) is 18.2 Å². The second-order valence-corrected chi connectivity index (χ2v) is 8.21. The van der Waals surface area contributed by atoms with Gasteiger partial charge in [0.1, 0.15) is 5.75 Å². The van der Waals surface area contributed by atoms with E-state index in [0.29, 0.717) is 5.75 Å². The van der Waals surface area contributed by atoms with Crippen molar-refractivity contribution >= 4 is 49.7 Å². The highest BCUT2D eigenvalue weighted by atomic mass is 35.5. The third-order valence-electron chi connectivity index (χ3n) is 2.79. The fourth-order valence-corrected chi connectivity index (χ4v) is 3.76. The van der Waals surface area contributed by atoms with Crippen LogP contribution in [0.5, 0.6) is 5.75 Å². The number of benzene rings is 1. The van der Waals surface area contributed by atoms with Crippen LogP contribution in [0.4, 0.5) is 10.8 Å². The highest BCUT2D eigenvalue weighted by Gasteiger charge is 2.22. The van der Waals surface area contributed by atoms with Gasteiger partial charge in [0.15, 0.2) is 0 Å². The number of aromatic nitrogens is 2. The van der Waals surface area contributed by atoms with Gasteiger partial charge < -0.3 is 10.1 Å². The monoisotopic (exact) mass is 390 g/mol. The standard InChI is InChI=1S/C13H15ClN4O4S2/c1-7(2)11(19)15-12-16-17-13(23-12)24(20,21)18-8-4-5-10(22-3)9(14)6-8/h4-7,18H,1-3H3,(H,15,16,19). The van der Waals surface area contributed by atoms with Gasteiger partial charge >= 0.3 is 0 Å². The molecule has 11 heteroatoms. The van der Waals surface area contributed by atoms with Crippen LogP contribution in [0.2, 0.25) is 5.02 Å². The summed E-state index contributed by atoms with van der Waals surface area (Å²) >= 11 is 6.72. The highest BCUT2D eigenvalue weighted by molar-refractivity contribution is 7.94. The van der Waals surface area contributed by atoms with Gasteiger partial charge in [0, 0.05) is 5.92 Å². The Hall–Kier alpha value is -1.91. The molecule has 2 N–H and O–H groups in total. The Balaban J connectivity index is 2.17. The average Bonchev–Trinajstić information content (AvgIpc) is 2.96. The summed E-state index contributed by atoms with van der Waals surface area (Å²) in [6.07, 6.45) is 0. The van der Waals surface area contributed by atoms with Crippen molar-refractivity contribution in [3.63, 3.8) is 0 Å². The van der Waals surface area contributed by atoms with Crippen LogP contribution in [0.15, 0.2) is 22.5 Å². The fraction of sp³-hybridized carbons (Fsp3) is 0.308. The van der Waals surface area contributed by atoms with E-state index >= 15 is 0 Å². The number of methoxy groups -OCH3 is 1. The van der Waals surface area contributed by atoms with Crippen LogP contribution in [0.25, 0.3) is 0 Å². The summed E-state index contributed by atoms with van der Waals surface area (Å²) in [6.45, 7) is 3.42. The molecular formula is C13H15ClN4O4S2. The van der Waals surface area contributed by atoms with Crippen LogP contribution in [-0.2, 0) is 14.8 Å². The van der Waals surface area contributed by atoms with Crippen molar-refractivity contribution < 1.29 is 17.9 Å². The quantitative estimate of drug-likeness (QED) is 0.733. The minimum absolute atomic E-state index is 0.113. The van der Waals surface area contributed by atoms with Crippen LogP contribution >= 0.6 is 22.9 Å². The average molecular weight is 391 g/mol. The number of amides is 1. The van der Waals surface area contributed by atoms with E-state index in [2.05, 4.69) is 20.2 Å². The molecule has 0 saturated heterocycles. The molecule has 1 aromatic carbocycles. The van der Waals surface area contributed by atoms with Crippen molar-refractivity contribution in [2.75, 3.05) is 17.1 Å². The third-order valence-corrected chi connectivity index (χ3v) is 5.68. The molecule has 24 heavy (non-hydrogen) atoms. The highest BCUT2D eigenvalue weighted by Crippen LogP contribution is 2.29. The maximum atomic E-state index is 12.3. The van der Waals surface area contributed by atoms with Crippen molar-refractivity contribution in [3.8, 4) is 5.75 Å². The SMILES string of the molecule is COc1ccc(NS(=O)(=O)c2nnc(NC(=O)C(C)C)s2)cc1Cl. The van der Waals surface area contributed by atoms with Gasteiger partial charge in [0.2, 0.25) is 11.0 Å². The van der Waals surface area contributed by atoms with E-state index in [4.69, 9.17) is 16.3 Å². The Morgan fingerprint density at radius 1 is 1.33 bits per heavy atom. The molecule has 0 fully saturated rings. The van der Waals surface area contributed by atoms with Crippen LogP contribution in [-0.4, -0.2) is 31.6 Å². The lowest BCUT2D eigenvalue weighted by molar-refractivity contribution is -0.118. The number of carbonyl (C=O) groups excluding carboxylic acids is 1. The van der Waals surface area contributed by atoms with Gasteiger partial charge in [-0.15, -0.1) is 10.2 Å². The second kappa shape index (κ2) is 7.32. The molecule has 0 atom stereocenters. The lowest BCUT2D eigenvalue weighted by Gasteiger charge is -2.07. The lowest BCUT2D eigenvalue weighted by Crippen LogP contribution is -2.17. The van der Waals surface area contributed by atoms with Crippen molar-refractivity contribution in [1.82, 2.24) is 10.2 Å². The summed E-state index contributed by atoms with van der Waals surface area (Å²) in [6, 6.07) is 4.46. The number of nitrogens with one attached hydrogen (secondary N) is 2. The Bertz CT molecular complexity index is 851. The molecule has 1 aromatic heterocycles. The molecule has 1 heterocycles. The van der Waals surface area contributed by atoms with Crippen molar-refractivity contribution in [2.45, 2.75) is 18.2 Å². The number of ether oxygens (including phenoxy) is 1. The van der Waals surface area contributed by atoms with Gasteiger partial charge in [-0.3, -0.25) is 9.52 Å². The van der Waals surface area contributed by atoms with E-state index in [1.54, 1.807) is 13.8 Å². The minimum atomic E-state index is -3.94. The van der Waals surface area contributed by atoms with Gasteiger partial charge in [0.25, 0.3) is 14.4 Å². The number of halogens is 1. The van der Waals surface area contributed by atoms with Crippen LogP contribution in [0, 0.1) is 5.92 Å². The molecule has 0 unspecified atom stereocenters. The van der Waals surface area contributed by atoms with E-state index in [0.717, 1.165) is 11.3 Å². The normalized spacial score (nSPS) is 11.4. The summed E-state index contributed by atoms with van der Waals surface area (Å²) < 4.78 is 31.7. The first-order chi connectivity index (χ1) is 11.2. The van der Waals surface area contributed by atoms with Gasteiger partial charge in [-0.2, -0.15) is 8.42 Å². The number of hydrogen-bond donors (Lipinski definition) is 2. The van der Waals surface area contributed by atoms with Gasteiger partial charge in [-0.25, -0.2) is 0 Å². The molecule has 0 saturated carbocycles. The van der Waals surface area contributed by atoms with Crippen LogP contribution in [0.1, 0.15) is 13.8 Å². The first-order valence-corrected chi connectivity index (χ1v) is 9.41. The summed E-state index contributed by atoms with van der Waals surface area (Å²) in [5, 5.41) is 10.1. The molecule has 130 valence electrons. The largest absolute Gasteiger partial charge is 0.495 e. The van der Waals surface area contributed by atoms with Crippen molar-refractivity contribution in [3.05, 3.63) is 23.2 Å². The Labute approximate surface area is 148 Å². The molecule has 0 radical (unpaired) electrons. The number of nitrogens with zero attached hydrogens (tertiary/aromatic N) is 2. The third kappa shape index (κ3) is 4.34. The summed E-state index contributed by atoms with van der Waals surface area (Å²) in [5.74, 6) is -0.104. The number of carbonyl (C=O) groups is 1.